The molecule has 0 aliphatic rings. The van der Waals surface area contributed by atoms with E-state index in [0.29, 0.717) is 5.75 Å². The van der Waals surface area contributed by atoms with Gasteiger partial charge in [-0.2, -0.15) is 0 Å². The first-order chi connectivity index (χ1) is 12.9. The van der Waals surface area contributed by atoms with Gasteiger partial charge in [0, 0.05) is 6.07 Å². The Morgan fingerprint density at radius 2 is 1.74 bits per heavy atom. The number of para-hydroxylation sites is 3. The number of esters is 1. The predicted molar refractivity (Wildman–Crippen MR) is 98.7 cm³/mol. The number of benzene rings is 2. The van der Waals surface area contributed by atoms with Crippen LogP contribution in [0.3, 0.4) is 0 Å². The van der Waals surface area contributed by atoms with E-state index in [1.807, 2.05) is 26.0 Å². The number of nitro groups is 1. The quantitative estimate of drug-likeness (QED) is 0.433. The van der Waals surface area contributed by atoms with Gasteiger partial charge in [0.1, 0.15) is 11.4 Å². The van der Waals surface area contributed by atoms with Gasteiger partial charge in [-0.25, -0.2) is 4.79 Å². The topological polar surface area (TPSA) is 108 Å². The zero-order chi connectivity index (χ0) is 19.8. The number of nitro benzene ring substituents is 1. The Morgan fingerprint density at radius 1 is 1.07 bits per heavy atom. The predicted octanol–water partition coefficient (Wildman–Crippen LogP) is 3.28. The van der Waals surface area contributed by atoms with E-state index >= 15 is 0 Å². The van der Waals surface area contributed by atoms with E-state index in [-0.39, 0.29) is 23.9 Å². The molecule has 8 heteroatoms. The molecule has 1 N–H and O–H groups in total. The monoisotopic (exact) mass is 372 g/mol. The minimum Gasteiger partial charge on any atom is -0.482 e. The molecular formula is C19H20N2O6. The number of carbonyl (C=O) groups excluding carboxylic acids is 2. The van der Waals surface area contributed by atoms with Crippen molar-refractivity contribution < 1.29 is 24.0 Å². The maximum absolute atomic E-state index is 11.9. The van der Waals surface area contributed by atoms with Crippen LogP contribution in [0.5, 0.6) is 5.75 Å². The van der Waals surface area contributed by atoms with Gasteiger partial charge in [-0.05, 0) is 23.6 Å². The number of hydrogen-bond donors (Lipinski definition) is 1. The van der Waals surface area contributed by atoms with Gasteiger partial charge in [-0.1, -0.05) is 44.2 Å². The first-order valence-electron chi connectivity index (χ1n) is 8.29. The Kier molecular flexibility index (Phi) is 6.87. The molecule has 0 aromatic heterocycles. The first kappa shape index (κ1) is 19.9. The van der Waals surface area contributed by atoms with Crippen LogP contribution in [0.15, 0.2) is 48.5 Å². The Morgan fingerprint density at radius 3 is 2.44 bits per heavy atom. The summed E-state index contributed by atoms with van der Waals surface area (Å²) in [5, 5.41) is 13.3. The lowest BCUT2D eigenvalue weighted by molar-refractivity contribution is -0.383. The number of anilines is 1. The number of nitrogens with zero attached hydrogens (tertiary/aromatic N) is 1. The van der Waals surface area contributed by atoms with Crippen LogP contribution in [0, 0.1) is 10.1 Å². The summed E-state index contributed by atoms with van der Waals surface area (Å²) in [5.41, 5.74) is 0.746. The molecule has 0 radical (unpaired) electrons. The van der Waals surface area contributed by atoms with E-state index in [1.54, 1.807) is 18.2 Å². The van der Waals surface area contributed by atoms with Gasteiger partial charge in [-0.15, -0.1) is 0 Å². The van der Waals surface area contributed by atoms with Crippen LogP contribution in [0.4, 0.5) is 11.4 Å². The lowest BCUT2D eigenvalue weighted by atomic mass is 10.0. The second-order valence-corrected chi connectivity index (χ2v) is 5.96. The van der Waals surface area contributed by atoms with Crippen molar-refractivity contribution in [3.8, 4) is 5.75 Å². The van der Waals surface area contributed by atoms with Gasteiger partial charge >= 0.3 is 5.97 Å². The molecule has 0 unspecified atom stereocenters. The van der Waals surface area contributed by atoms with Gasteiger partial charge in [-0.3, -0.25) is 14.9 Å². The van der Waals surface area contributed by atoms with Crippen molar-refractivity contribution in [2.24, 2.45) is 0 Å². The van der Waals surface area contributed by atoms with Gasteiger partial charge < -0.3 is 14.8 Å². The molecule has 0 saturated heterocycles. The van der Waals surface area contributed by atoms with E-state index in [1.165, 1.54) is 18.2 Å². The summed E-state index contributed by atoms with van der Waals surface area (Å²) in [4.78, 5) is 34.0. The van der Waals surface area contributed by atoms with E-state index in [4.69, 9.17) is 9.47 Å². The van der Waals surface area contributed by atoms with E-state index in [0.717, 1.165) is 5.56 Å². The smallest absolute Gasteiger partial charge is 0.344 e. The van der Waals surface area contributed by atoms with E-state index < -0.39 is 23.4 Å². The first-order valence-corrected chi connectivity index (χ1v) is 8.29. The molecule has 0 saturated carbocycles. The van der Waals surface area contributed by atoms with Crippen LogP contribution < -0.4 is 10.1 Å². The standard InChI is InChI=1S/C19H20N2O6/c1-13(2)14-7-3-6-10-17(14)26-12-19(23)27-11-18(22)20-15-8-4-5-9-16(15)21(24)25/h3-10,13H,11-12H2,1-2H3,(H,20,22). The fourth-order valence-electron chi connectivity index (χ4n) is 2.34. The molecule has 2 aromatic carbocycles. The number of hydrogen-bond acceptors (Lipinski definition) is 6. The van der Waals surface area contributed by atoms with Crippen molar-refractivity contribution in [2.45, 2.75) is 19.8 Å². The molecule has 27 heavy (non-hydrogen) atoms. The molecule has 0 heterocycles. The number of nitrogens with one attached hydrogen (secondary N) is 1. The fourth-order valence-corrected chi connectivity index (χ4v) is 2.34. The van der Waals surface area contributed by atoms with Crippen LogP contribution in [0.2, 0.25) is 0 Å². The van der Waals surface area contributed by atoms with Crippen molar-refractivity contribution in [3.63, 3.8) is 0 Å². The molecule has 8 nitrogen and oxygen atoms in total. The third-order valence-corrected chi connectivity index (χ3v) is 3.63. The lowest BCUT2D eigenvalue weighted by Gasteiger charge is -2.13. The van der Waals surface area contributed by atoms with Crippen LogP contribution in [-0.2, 0) is 14.3 Å². The number of ether oxygens (including phenoxy) is 2. The second kappa shape index (κ2) is 9.33. The van der Waals surface area contributed by atoms with Crippen LogP contribution in [-0.4, -0.2) is 30.0 Å². The second-order valence-electron chi connectivity index (χ2n) is 5.96. The summed E-state index contributed by atoms with van der Waals surface area (Å²) in [6, 6.07) is 13.0. The summed E-state index contributed by atoms with van der Waals surface area (Å²) in [5.74, 6) is -0.593. The third-order valence-electron chi connectivity index (χ3n) is 3.63. The fraction of sp³-hybridized carbons (Fsp3) is 0.263. The average Bonchev–Trinajstić information content (AvgIpc) is 2.65. The van der Waals surface area contributed by atoms with Gasteiger partial charge in [0.15, 0.2) is 13.2 Å². The van der Waals surface area contributed by atoms with E-state index in [9.17, 15) is 19.7 Å². The van der Waals surface area contributed by atoms with Crippen LogP contribution in [0.1, 0.15) is 25.3 Å². The molecule has 0 aliphatic heterocycles. The minimum atomic E-state index is -0.716. The summed E-state index contributed by atoms with van der Waals surface area (Å²) in [6.45, 7) is 3.10. The van der Waals surface area contributed by atoms with Crippen molar-refractivity contribution in [1.29, 1.82) is 0 Å². The molecule has 2 rings (SSSR count). The van der Waals surface area contributed by atoms with Crippen molar-refractivity contribution >= 4 is 23.3 Å². The molecule has 0 aliphatic carbocycles. The maximum atomic E-state index is 11.9. The molecule has 2 aromatic rings. The Bertz CT molecular complexity index is 834. The zero-order valence-electron chi connectivity index (χ0n) is 15.0. The molecule has 0 spiro atoms. The number of amides is 1. The average molecular weight is 372 g/mol. The largest absolute Gasteiger partial charge is 0.482 e. The van der Waals surface area contributed by atoms with Crippen LogP contribution >= 0.6 is 0 Å². The summed E-state index contributed by atoms with van der Waals surface area (Å²) >= 11 is 0. The van der Waals surface area contributed by atoms with E-state index in [2.05, 4.69) is 5.32 Å². The zero-order valence-corrected chi connectivity index (χ0v) is 15.0. The summed E-state index contributed by atoms with van der Waals surface area (Å²) in [7, 11) is 0. The van der Waals surface area contributed by atoms with Gasteiger partial charge in [0.2, 0.25) is 0 Å². The highest BCUT2D eigenvalue weighted by Crippen LogP contribution is 2.26. The van der Waals surface area contributed by atoms with Crippen molar-refractivity contribution in [3.05, 3.63) is 64.2 Å². The number of carbonyl (C=O) groups is 2. The highest BCUT2D eigenvalue weighted by molar-refractivity contribution is 5.94. The minimum absolute atomic E-state index is 0.0330. The highest BCUT2D eigenvalue weighted by atomic mass is 16.6. The lowest BCUT2D eigenvalue weighted by Crippen LogP contribution is -2.24. The Balaban J connectivity index is 1.84. The summed E-state index contributed by atoms with van der Waals surface area (Å²) < 4.78 is 10.3. The van der Waals surface area contributed by atoms with Crippen LogP contribution in [0.25, 0.3) is 0 Å². The maximum Gasteiger partial charge on any atom is 0.344 e. The molecule has 0 fully saturated rings. The molecule has 142 valence electrons. The Hall–Kier alpha value is -3.42. The Labute approximate surface area is 156 Å². The van der Waals surface area contributed by atoms with Gasteiger partial charge in [0.05, 0.1) is 4.92 Å². The summed E-state index contributed by atoms with van der Waals surface area (Å²) in [6.07, 6.45) is 0. The molecule has 1 amide bonds. The van der Waals surface area contributed by atoms with Crippen molar-refractivity contribution in [1.82, 2.24) is 0 Å². The van der Waals surface area contributed by atoms with Crippen molar-refractivity contribution in [2.75, 3.05) is 18.5 Å². The number of rotatable bonds is 8. The highest BCUT2D eigenvalue weighted by Gasteiger charge is 2.16. The molecule has 0 atom stereocenters. The van der Waals surface area contributed by atoms with Gasteiger partial charge in [0.25, 0.3) is 11.6 Å². The third kappa shape index (κ3) is 5.81. The SMILES string of the molecule is CC(C)c1ccccc1OCC(=O)OCC(=O)Nc1ccccc1[N+](=O)[O-]. The normalized spacial score (nSPS) is 10.3. The molecular weight excluding hydrogens is 352 g/mol. The molecule has 0 bridgehead atoms.